The molecular formula is C26H30N4O4. The lowest BCUT2D eigenvalue weighted by atomic mass is 10.0. The molecule has 4 rings (SSSR count). The topological polar surface area (TPSA) is 87.9 Å². The van der Waals surface area contributed by atoms with Crippen molar-refractivity contribution in [2.45, 2.75) is 45.1 Å². The summed E-state index contributed by atoms with van der Waals surface area (Å²) in [5.41, 5.74) is 1.46. The van der Waals surface area contributed by atoms with Crippen molar-refractivity contribution in [3.8, 4) is 0 Å². The number of carbonyl (C=O) groups is 2. The zero-order chi connectivity index (χ0) is 24.3. The fourth-order valence-corrected chi connectivity index (χ4v) is 4.10. The van der Waals surface area contributed by atoms with Crippen LogP contribution in [0.1, 0.15) is 38.1 Å². The lowest BCUT2D eigenvalue weighted by molar-refractivity contribution is -0.130. The Kier molecular flexibility index (Phi) is 6.70. The Morgan fingerprint density at radius 2 is 1.74 bits per heavy atom. The number of rotatable bonds is 5. The summed E-state index contributed by atoms with van der Waals surface area (Å²) in [6.45, 7) is 6.32. The molecule has 3 aromatic rings. The molecule has 0 spiro atoms. The van der Waals surface area contributed by atoms with Gasteiger partial charge in [0.15, 0.2) is 0 Å². The quantitative estimate of drug-likeness (QED) is 0.626. The van der Waals surface area contributed by atoms with E-state index in [0.717, 1.165) is 5.56 Å². The monoisotopic (exact) mass is 462 g/mol. The maximum Gasteiger partial charge on any atom is 0.411 e. The predicted octanol–water partition coefficient (Wildman–Crippen LogP) is 3.62. The Labute approximate surface area is 199 Å². The third-order valence-corrected chi connectivity index (χ3v) is 5.66. The fourth-order valence-electron chi connectivity index (χ4n) is 4.10. The van der Waals surface area contributed by atoms with Gasteiger partial charge in [-0.1, -0.05) is 48.5 Å². The highest BCUT2D eigenvalue weighted by atomic mass is 16.6. The molecule has 178 valence electrons. The number of imidazole rings is 1. The SMILES string of the molecule is CC(C)(C)OC(=O)N1CCN(c2ccccc2)C(=O)C1C(O)c1cncn1Cc1ccccc1. The highest BCUT2D eigenvalue weighted by Crippen LogP contribution is 2.30. The number of carbonyl (C=O) groups excluding carboxylic acids is 2. The summed E-state index contributed by atoms with van der Waals surface area (Å²) >= 11 is 0. The van der Waals surface area contributed by atoms with Crippen molar-refractivity contribution in [1.29, 1.82) is 0 Å². The number of hydrogen-bond acceptors (Lipinski definition) is 5. The number of aliphatic hydroxyl groups excluding tert-OH is 1. The molecule has 1 aliphatic heterocycles. The average Bonchev–Trinajstić information content (AvgIpc) is 3.26. The molecule has 0 saturated carbocycles. The normalized spacial score (nSPS) is 17.5. The number of aromatic nitrogens is 2. The number of aliphatic hydroxyl groups is 1. The number of anilines is 1. The molecule has 1 saturated heterocycles. The van der Waals surface area contributed by atoms with Gasteiger partial charge in [-0.05, 0) is 38.5 Å². The molecule has 2 amide bonds. The fraction of sp³-hybridized carbons (Fsp3) is 0.346. The first kappa shape index (κ1) is 23.5. The van der Waals surface area contributed by atoms with Crippen LogP contribution in [0.4, 0.5) is 10.5 Å². The van der Waals surface area contributed by atoms with Gasteiger partial charge in [0.25, 0.3) is 5.91 Å². The summed E-state index contributed by atoms with van der Waals surface area (Å²) in [6.07, 6.45) is 1.23. The van der Waals surface area contributed by atoms with E-state index in [-0.39, 0.29) is 12.5 Å². The Balaban J connectivity index is 1.67. The number of para-hydroxylation sites is 1. The van der Waals surface area contributed by atoms with Crippen LogP contribution >= 0.6 is 0 Å². The first-order valence-electron chi connectivity index (χ1n) is 11.3. The van der Waals surface area contributed by atoms with Gasteiger partial charge in [0, 0.05) is 25.3 Å². The molecule has 0 bridgehead atoms. The summed E-state index contributed by atoms with van der Waals surface area (Å²) in [7, 11) is 0. The van der Waals surface area contributed by atoms with Crippen molar-refractivity contribution < 1.29 is 19.4 Å². The maximum absolute atomic E-state index is 13.7. The molecule has 8 nitrogen and oxygen atoms in total. The molecule has 2 atom stereocenters. The van der Waals surface area contributed by atoms with E-state index in [1.54, 1.807) is 36.6 Å². The minimum atomic E-state index is -1.29. The second-order valence-electron chi connectivity index (χ2n) is 9.32. The Morgan fingerprint density at radius 1 is 1.09 bits per heavy atom. The van der Waals surface area contributed by atoms with Crippen LogP contribution in [0.25, 0.3) is 0 Å². The molecule has 2 unspecified atom stereocenters. The summed E-state index contributed by atoms with van der Waals surface area (Å²) < 4.78 is 7.37. The molecule has 34 heavy (non-hydrogen) atoms. The van der Waals surface area contributed by atoms with E-state index >= 15 is 0 Å². The van der Waals surface area contributed by atoms with E-state index in [2.05, 4.69) is 4.98 Å². The van der Waals surface area contributed by atoms with Crippen LogP contribution in [-0.4, -0.2) is 56.3 Å². The largest absolute Gasteiger partial charge is 0.444 e. The van der Waals surface area contributed by atoms with Gasteiger partial charge < -0.3 is 19.3 Å². The first-order valence-corrected chi connectivity index (χ1v) is 11.3. The minimum Gasteiger partial charge on any atom is -0.444 e. The lowest BCUT2D eigenvalue weighted by Gasteiger charge is -2.42. The third kappa shape index (κ3) is 5.12. The number of ether oxygens (including phenoxy) is 1. The predicted molar refractivity (Wildman–Crippen MR) is 128 cm³/mol. The summed E-state index contributed by atoms with van der Waals surface area (Å²) in [6, 6.07) is 17.9. The van der Waals surface area contributed by atoms with Crippen molar-refractivity contribution in [2.75, 3.05) is 18.0 Å². The maximum atomic E-state index is 13.7. The highest BCUT2D eigenvalue weighted by molar-refractivity contribution is 6.00. The summed E-state index contributed by atoms with van der Waals surface area (Å²) in [4.78, 5) is 33.9. The number of benzene rings is 2. The van der Waals surface area contributed by atoms with Crippen molar-refractivity contribution in [3.63, 3.8) is 0 Å². The van der Waals surface area contributed by atoms with Crippen LogP contribution in [-0.2, 0) is 16.1 Å². The van der Waals surface area contributed by atoms with Gasteiger partial charge in [-0.25, -0.2) is 9.78 Å². The zero-order valence-electron chi connectivity index (χ0n) is 19.7. The van der Waals surface area contributed by atoms with Gasteiger partial charge in [-0.3, -0.25) is 9.69 Å². The average molecular weight is 463 g/mol. The van der Waals surface area contributed by atoms with E-state index in [1.807, 2.05) is 60.7 Å². The van der Waals surface area contributed by atoms with Crippen molar-refractivity contribution in [2.24, 2.45) is 0 Å². The zero-order valence-corrected chi connectivity index (χ0v) is 19.7. The summed E-state index contributed by atoms with van der Waals surface area (Å²) in [5.74, 6) is -0.372. The van der Waals surface area contributed by atoms with Crippen LogP contribution in [0.3, 0.4) is 0 Å². The first-order chi connectivity index (χ1) is 16.2. The van der Waals surface area contributed by atoms with Gasteiger partial charge in [-0.2, -0.15) is 0 Å². The second kappa shape index (κ2) is 9.69. The minimum absolute atomic E-state index is 0.226. The lowest BCUT2D eigenvalue weighted by Crippen LogP contribution is -2.61. The molecule has 0 radical (unpaired) electrons. The Hall–Kier alpha value is -3.65. The third-order valence-electron chi connectivity index (χ3n) is 5.66. The molecule has 0 aliphatic carbocycles. The van der Waals surface area contributed by atoms with Gasteiger partial charge >= 0.3 is 6.09 Å². The van der Waals surface area contributed by atoms with E-state index < -0.39 is 23.8 Å². The Morgan fingerprint density at radius 3 is 2.38 bits per heavy atom. The van der Waals surface area contributed by atoms with Crippen molar-refractivity contribution in [3.05, 3.63) is 84.4 Å². The molecule has 2 heterocycles. The molecule has 2 aromatic carbocycles. The van der Waals surface area contributed by atoms with Crippen molar-refractivity contribution >= 4 is 17.7 Å². The van der Waals surface area contributed by atoms with Crippen LogP contribution in [0.15, 0.2) is 73.2 Å². The van der Waals surface area contributed by atoms with E-state index in [0.29, 0.717) is 24.5 Å². The molecule has 1 N–H and O–H groups in total. The molecule has 1 aromatic heterocycles. The number of hydrogen-bond donors (Lipinski definition) is 1. The van der Waals surface area contributed by atoms with E-state index in [1.165, 1.54) is 11.1 Å². The van der Waals surface area contributed by atoms with E-state index in [9.17, 15) is 14.7 Å². The molecule has 8 heteroatoms. The van der Waals surface area contributed by atoms with Crippen LogP contribution in [0.2, 0.25) is 0 Å². The van der Waals surface area contributed by atoms with Crippen LogP contribution in [0.5, 0.6) is 0 Å². The number of piperazine rings is 1. The number of nitrogens with zero attached hydrogens (tertiary/aromatic N) is 4. The standard InChI is InChI=1S/C26H30N4O4/c1-26(2,3)34-25(33)30-15-14-29(20-12-8-5-9-13-20)24(32)22(30)23(31)21-16-27-18-28(21)17-19-10-6-4-7-11-19/h4-13,16,18,22-23,31H,14-15,17H2,1-3H3. The highest BCUT2D eigenvalue weighted by Gasteiger charge is 2.45. The van der Waals surface area contributed by atoms with Gasteiger partial charge in [0.2, 0.25) is 0 Å². The van der Waals surface area contributed by atoms with E-state index in [4.69, 9.17) is 4.74 Å². The molecular weight excluding hydrogens is 432 g/mol. The second-order valence-corrected chi connectivity index (χ2v) is 9.32. The Bertz CT molecular complexity index is 1120. The van der Waals surface area contributed by atoms with Gasteiger partial charge in [0.1, 0.15) is 17.7 Å². The molecule has 1 aliphatic rings. The van der Waals surface area contributed by atoms with Crippen molar-refractivity contribution in [1.82, 2.24) is 14.5 Å². The van der Waals surface area contributed by atoms with Crippen LogP contribution in [0, 0.1) is 0 Å². The van der Waals surface area contributed by atoms with Gasteiger partial charge in [-0.15, -0.1) is 0 Å². The smallest absolute Gasteiger partial charge is 0.411 e. The van der Waals surface area contributed by atoms with Crippen LogP contribution < -0.4 is 4.90 Å². The summed E-state index contributed by atoms with van der Waals surface area (Å²) in [5, 5.41) is 11.5. The van der Waals surface area contributed by atoms with Gasteiger partial charge in [0.05, 0.1) is 18.2 Å². The number of amides is 2. The molecule has 1 fully saturated rings.